The number of aliphatic hydroxyl groups is 2. The van der Waals surface area contributed by atoms with E-state index in [0.717, 1.165) is 5.56 Å². The Labute approximate surface area is 192 Å². The smallest absolute Gasteiger partial charge is 0.251 e. The average molecular weight is 447 g/mol. The molecule has 2 rings (SSSR count). The van der Waals surface area contributed by atoms with Crippen molar-refractivity contribution >= 4 is 23.3 Å². The third-order valence-corrected chi connectivity index (χ3v) is 4.46. The molecule has 0 heterocycles. The van der Waals surface area contributed by atoms with Crippen LogP contribution in [0.25, 0.3) is 0 Å². The summed E-state index contributed by atoms with van der Waals surface area (Å²) in [7, 11) is 0. The topological polar surface area (TPSA) is 142 Å². The lowest BCUT2D eigenvalue weighted by Crippen LogP contribution is -2.48. The second kappa shape index (κ2) is 12.2. The van der Waals surface area contributed by atoms with Gasteiger partial charge in [-0.2, -0.15) is 0 Å². The van der Waals surface area contributed by atoms with Gasteiger partial charge in [-0.1, -0.05) is 11.8 Å². The molecule has 0 aliphatic carbocycles. The summed E-state index contributed by atoms with van der Waals surface area (Å²) >= 11 is 0. The summed E-state index contributed by atoms with van der Waals surface area (Å²) in [5, 5.41) is 23.7. The Hall–Kier alpha value is -3.95. The van der Waals surface area contributed by atoms with Crippen LogP contribution in [0, 0.1) is 23.7 Å². The van der Waals surface area contributed by atoms with Gasteiger partial charge in [-0.25, -0.2) is 0 Å². The number of nitrogens with one attached hydrogen (secondary N) is 2. The number of hydrogen-bond acceptors (Lipinski definition) is 6. The highest BCUT2D eigenvalue weighted by molar-refractivity contribution is 5.98. The lowest BCUT2D eigenvalue weighted by Gasteiger charge is -2.19. The fraction of sp³-hybridized carbons (Fsp3) is 0.240. The van der Waals surface area contributed by atoms with E-state index in [9.17, 15) is 19.5 Å². The maximum Gasteiger partial charge on any atom is 0.251 e. The molecule has 8 nitrogen and oxygen atoms in total. The molecule has 0 spiro atoms. The van der Waals surface area contributed by atoms with Crippen LogP contribution in [0.3, 0.4) is 0 Å². The van der Waals surface area contributed by atoms with Gasteiger partial charge >= 0.3 is 0 Å². The number of nitrogens with two attached hydrogens (primary N) is 1. The predicted octanol–water partition coefficient (Wildman–Crippen LogP) is 0.416. The third-order valence-electron chi connectivity index (χ3n) is 4.46. The van der Waals surface area contributed by atoms with E-state index in [1.54, 1.807) is 43.3 Å². The van der Waals surface area contributed by atoms with Crippen LogP contribution in [0.2, 0.25) is 0 Å². The molecule has 0 bridgehead atoms. The van der Waals surface area contributed by atoms with Crippen LogP contribution in [0.4, 0.5) is 5.69 Å². The number of carbonyl (C=O) groups is 3. The molecule has 33 heavy (non-hydrogen) atoms. The summed E-state index contributed by atoms with van der Waals surface area (Å²) in [6.45, 7) is 2.18. The Balaban J connectivity index is 1.98. The van der Waals surface area contributed by atoms with Crippen molar-refractivity contribution in [3.05, 3.63) is 65.2 Å². The molecule has 0 saturated carbocycles. The Bertz CT molecular complexity index is 1120. The standard InChI is InChI=1S/C25H25N3O5/c1-16(26)24(32)27-21-13-9-19(10-14-21)6-4-3-5-18-7-11-20(12-8-18)25(33)28-23(17(2)30)22(31)15-29/h7-14,16-17,23,29-30H,15,26H2,1-2H3,(H,27,32)(H,28,33)/t16-,17+,23-/m0/s1. The van der Waals surface area contributed by atoms with Crippen LogP contribution in [0.15, 0.2) is 48.5 Å². The number of carbonyl (C=O) groups excluding carboxylic acids is 3. The summed E-state index contributed by atoms with van der Waals surface area (Å²) < 4.78 is 0. The molecule has 170 valence electrons. The van der Waals surface area contributed by atoms with E-state index in [0.29, 0.717) is 11.3 Å². The number of anilines is 1. The molecule has 2 aromatic rings. The van der Waals surface area contributed by atoms with Crippen LogP contribution >= 0.6 is 0 Å². The number of Topliss-reactive ketones (excluding diaryl/α,β-unsaturated/α-hetero) is 1. The molecule has 0 aliphatic heterocycles. The van der Waals surface area contributed by atoms with Crippen molar-refractivity contribution in [3.63, 3.8) is 0 Å². The molecular formula is C25H25N3O5. The van der Waals surface area contributed by atoms with Crippen LogP contribution in [0.1, 0.15) is 35.3 Å². The number of ketones is 1. The second-order valence-corrected chi connectivity index (χ2v) is 7.25. The molecule has 0 aliphatic rings. The quantitative estimate of drug-likeness (QED) is 0.390. The molecule has 0 fully saturated rings. The van der Waals surface area contributed by atoms with Gasteiger partial charge in [0.05, 0.1) is 12.1 Å². The van der Waals surface area contributed by atoms with Crippen LogP contribution in [0.5, 0.6) is 0 Å². The molecule has 0 unspecified atom stereocenters. The largest absolute Gasteiger partial charge is 0.391 e. The zero-order valence-electron chi connectivity index (χ0n) is 18.3. The molecule has 3 atom stereocenters. The van der Waals surface area contributed by atoms with Crippen molar-refractivity contribution in [2.24, 2.45) is 5.73 Å². The summed E-state index contributed by atoms with van der Waals surface area (Å²) in [5.41, 5.74) is 7.77. The maximum atomic E-state index is 12.3. The van der Waals surface area contributed by atoms with Gasteiger partial charge in [-0.05, 0) is 74.2 Å². The number of amides is 2. The molecule has 0 saturated heterocycles. The molecule has 2 amide bonds. The van der Waals surface area contributed by atoms with Crippen molar-refractivity contribution in [1.29, 1.82) is 0 Å². The van der Waals surface area contributed by atoms with Crippen LogP contribution in [-0.2, 0) is 9.59 Å². The van der Waals surface area contributed by atoms with Crippen molar-refractivity contribution in [2.75, 3.05) is 11.9 Å². The SMILES string of the molecule is C[C@H](N)C(=O)Nc1ccc(C#CC#Cc2ccc(C(=O)N[C@H](C(=O)CO)[C@@H](C)O)cc2)cc1. The Kier molecular flexibility index (Phi) is 9.34. The van der Waals surface area contributed by atoms with E-state index < -0.39 is 36.5 Å². The Morgan fingerprint density at radius 2 is 1.45 bits per heavy atom. The van der Waals surface area contributed by atoms with Crippen molar-refractivity contribution in [1.82, 2.24) is 5.32 Å². The summed E-state index contributed by atoms with van der Waals surface area (Å²) in [4.78, 5) is 35.5. The van der Waals surface area contributed by atoms with E-state index in [2.05, 4.69) is 34.3 Å². The highest BCUT2D eigenvalue weighted by Crippen LogP contribution is 2.09. The van der Waals surface area contributed by atoms with Crippen LogP contribution in [-0.4, -0.2) is 52.6 Å². The lowest BCUT2D eigenvalue weighted by molar-refractivity contribution is -0.126. The maximum absolute atomic E-state index is 12.3. The number of benzene rings is 2. The van der Waals surface area contributed by atoms with E-state index in [1.165, 1.54) is 19.1 Å². The van der Waals surface area contributed by atoms with E-state index in [-0.39, 0.29) is 11.5 Å². The number of rotatable bonds is 7. The first kappa shape index (κ1) is 25.3. The van der Waals surface area contributed by atoms with E-state index in [4.69, 9.17) is 10.8 Å². The Morgan fingerprint density at radius 3 is 1.91 bits per heavy atom. The van der Waals surface area contributed by atoms with Gasteiger partial charge in [0.15, 0.2) is 5.78 Å². The number of aliphatic hydroxyl groups excluding tert-OH is 2. The average Bonchev–Trinajstić information content (AvgIpc) is 2.80. The first-order valence-electron chi connectivity index (χ1n) is 10.1. The fourth-order valence-electron chi connectivity index (χ4n) is 2.60. The second-order valence-electron chi connectivity index (χ2n) is 7.25. The van der Waals surface area contributed by atoms with Crippen molar-refractivity contribution in [3.8, 4) is 23.7 Å². The third kappa shape index (κ3) is 7.91. The minimum Gasteiger partial charge on any atom is -0.391 e. The molecule has 8 heteroatoms. The zero-order chi connectivity index (χ0) is 24.4. The fourth-order valence-corrected chi connectivity index (χ4v) is 2.60. The van der Waals surface area contributed by atoms with Crippen LogP contribution < -0.4 is 16.4 Å². The molecule has 0 aromatic heterocycles. The summed E-state index contributed by atoms with van der Waals surface area (Å²) in [6.07, 6.45) is -1.14. The minimum absolute atomic E-state index is 0.273. The van der Waals surface area contributed by atoms with Crippen molar-refractivity contribution < 1.29 is 24.6 Å². The molecule has 6 N–H and O–H groups in total. The monoisotopic (exact) mass is 447 g/mol. The van der Waals surface area contributed by atoms with E-state index in [1.807, 2.05) is 0 Å². The lowest BCUT2D eigenvalue weighted by atomic mass is 10.1. The first-order chi connectivity index (χ1) is 15.7. The van der Waals surface area contributed by atoms with Crippen molar-refractivity contribution in [2.45, 2.75) is 32.0 Å². The van der Waals surface area contributed by atoms with Gasteiger partial charge in [0.1, 0.15) is 12.6 Å². The van der Waals surface area contributed by atoms with Gasteiger partial charge in [-0.3, -0.25) is 14.4 Å². The first-order valence-corrected chi connectivity index (χ1v) is 10.1. The van der Waals surface area contributed by atoms with E-state index >= 15 is 0 Å². The Morgan fingerprint density at radius 1 is 0.939 bits per heavy atom. The highest BCUT2D eigenvalue weighted by Gasteiger charge is 2.25. The molecular weight excluding hydrogens is 422 g/mol. The summed E-state index contributed by atoms with van der Waals surface area (Å²) in [5.74, 6) is 9.72. The highest BCUT2D eigenvalue weighted by atomic mass is 16.3. The van der Waals surface area contributed by atoms with Gasteiger partial charge in [0.2, 0.25) is 5.91 Å². The number of hydrogen-bond donors (Lipinski definition) is 5. The molecule has 0 radical (unpaired) electrons. The molecule has 2 aromatic carbocycles. The zero-order valence-corrected chi connectivity index (χ0v) is 18.3. The normalized spacial score (nSPS) is 12.6. The van der Waals surface area contributed by atoms with Gasteiger partial charge in [0.25, 0.3) is 5.91 Å². The van der Waals surface area contributed by atoms with Gasteiger partial charge in [-0.15, -0.1) is 0 Å². The summed E-state index contributed by atoms with van der Waals surface area (Å²) in [6, 6.07) is 11.5. The predicted molar refractivity (Wildman–Crippen MR) is 124 cm³/mol. The van der Waals surface area contributed by atoms with Gasteiger partial charge < -0.3 is 26.6 Å². The minimum atomic E-state index is -1.19. The van der Waals surface area contributed by atoms with Gasteiger partial charge in [0, 0.05) is 22.4 Å².